The van der Waals surface area contributed by atoms with E-state index < -0.39 is 0 Å². The van der Waals surface area contributed by atoms with Crippen LogP contribution in [0.25, 0.3) is 0 Å². The molecule has 0 atom stereocenters. The van der Waals surface area contributed by atoms with Gasteiger partial charge in [0.1, 0.15) is 11.8 Å². The molecule has 0 aromatic heterocycles. The number of amides is 1. The topological polar surface area (TPSA) is 65.4 Å². The summed E-state index contributed by atoms with van der Waals surface area (Å²) in [6.45, 7) is 2.28. The molecule has 0 aliphatic carbocycles. The van der Waals surface area contributed by atoms with Crippen molar-refractivity contribution in [1.82, 2.24) is 4.90 Å². The maximum atomic E-state index is 11.9. The molecule has 1 N–H and O–H groups in total. The van der Waals surface area contributed by atoms with E-state index in [9.17, 15) is 4.79 Å². The molecular formula is C15H19N3O2. The summed E-state index contributed by atoms with van der Waals surface area (Å²) >= 11 is 0. The van der Waals surface area contributed by atoms with Gasteiger partial charge in [-0.05, 0) is 25.0 Å². The molecule has 20 heavy (non-hydrogen) atoms. The van der Waals surface area contributed by atoms with E-state index in [0.717, 1.165) is 25.9 Å². The fraction of sp³-hybridized carbons (Fsp3) is 0.467. The summed E-state index contributed by atoms with van der Waals surface area (Å²) in [5, 5.41) is 12.2. The normalized spacial score (nSPS) is 13.9. The summed E-state index contributed by atoms with van der Waals surface area (Å²) in [6.07, 6.45) is 2.66. The van der Waals surface area contributed by atoms with E-state index in [0.29, 0.717) is 30.0 Å². The Bertz CT molecular complexity index is 516. The Morgan fingerprint density at radius 1 is 1.45 bits per heavy atom. The van der Waals surface area contributed by atoms with Gasteiger partial charge in [0.25, 0.3) is 0 Å². The number of ether oxygens (including phenoxy) is 1. The van der Waals surface area contributed by atoms with Crippen LogP contribution >= 0.6 is 0 Å². The van der Waals surface area contributed by atoms with Crippen molar-refractivity contribution in [2.75, 3.05) is 32.1 Å². The number of likely N-dealkylation sites (tertiary alicyclic amines) is 1. The Morgan fingerprint density at radius 3 is 2.85 bits per heavy atom. The van der Waals surface area contributed by atoms with E-state index in [1.165, 1.54) is 0 Å². The predicted octanol–water partition coefficient (Wildman–Crippen LogP) is 1.99. The number of nitrogens with one attached hydrogen (secondary N) is 1. The summed E-state index contributed by atoms with van der Waals surface area (Å²) < 4.78 is 5.14. The number of rotatable bonds is 5. The van der Waals surface area contributed by atoms with Gasteiger partial charge in [0.05, 0.1) is 18.4 Å². The van der Waals surface area contributed by atoms with Gasteiger partial charge < -0.3 is 15.0 Å². The second kappa shape index (κ2) is 6.80. The first-order chi connectivity index (χ1) is 9.74. The van der Waals surface area contributed by atoms with Crippen LogP contribution in [0.3, 0.4) is 0 Å². The average molecular weight is 273 g/mol. The van der Waals surface area contributed by atoms with Gasteiger partial charge in [0.2, 0.25) is 5.91 Å². The van der Waals surface area contributed by atoms with Crippen LogP contribution in [0, 0.1) is 11.3 Å². The van der Waals surface area contributed by atoms with Gasteiger partial charge in [0, 0.05) is 32.1 Å². The van der Waals surface area contributed by atoms with Gasteiger partial charge in [0.15, 0.2) is 0 Å². The highest BCUT2D eigenvalue weighted by Gasteiger charge is 2.17. The Kier molecular flexibility index (Phi) is 4.83. The lowest BCUT2D eigenvalue weighted by Gasteiger charge is -2.16. The van der Waals surface area contributed by atoms with Gasteiger partial charge in [-0.25, -0.2) is 0 Å². The summed E-state index contributed by atoms with van der Waals surface area (Å²) in [6, 6.07) is 7.36. The highest BCUT2D eigenvalue weighted by molar-refractivity contribution is 5.77. The van der Waals surface area contributed by atoms with Gasteiger partial charge in [-0.2, -0.15) is 5.26 Å². The van der Waals surface area contributed by atoms with Crippen LogP contribution < -0.4 is 10.1 Å². The number of benzene rings is 1. The number of carbonyl (C=O) groups is 1. The van der Waals surface area contributed by atoms with E-state index in [4.69, 9.17) is 10.00 Å². The maximum absolute atomic E-state index is 11.9. The molecule has 1 aliphatic heterocycles. The maximum Gasteiger partial charge on any atom is 0.224 e. The molecule has 1 aromatic rings. The van der Waals surface area contributed by atoms with E-state index in [-0.39, 0.29) is 5.91 Å². The molecule has 0 saturated carbocycles. The minimum atomic E-state index is 0.177. The molecule has 1 aliphatic rings. The molecular weight excluding hydrogens is 254 g/mol. The van der Waals surface area contributed by atoms with Gasteiger partial charge >= 0.3 is 0 Å². The van der Waals surface area contributed by atoms with E-state index >= 15 is 0 Å². The van der Waals surface area contributed by atoms with Crippen molar-refractivity contribution in [2.24, 2.45) is 0 Å². The van der Waals surface area contributed by atoms with Crippen LogP contribution in [-0.2, 0) is 4.79 Å². The van der Waals surface area contributed by atoms with E-state index in [1.54, 1.807) is 25.3 Å². The van der Waals surface area contributed by atoms with Crippen molar-refractivity contribution in [3.8, 4) is 11.8 Å². The highest BCUT2D eigenvalue weighted by Crippen LogP contribution is 2.21. The highest BCUT2D eigenvalue weighted by atomic mass is 16.5. The first kappa shape index (κ1) is 14.2. The number of hydrogen-bond acceptors (Lipinski definition) is 4. The minimum absolute atomic E-state index is 0.177. The van der Waals surface area contributed by atoms with Crippen molar-refractivity contribution in [2.45, 2.75) is 19.3 Å². The quantitative estimate of drug-likeness (QED) is 0.891. The molecule has 1 amide bonds. The standard InChI is InChI=1S/C15H19N3O2/c1-20-13-5-4-12(11-16)14(10-13)17-7-6-15(19)18-8-2-3-9-18/h4-5,10,17H,2-3,6-9H2,1H3. The van der Waals surface area contributed by atoms with Crippen LogP contribution in [0.4, 0.5) is 5.69 Å². The molecule has 106 valence electrons. The average Bonchev–Trinajstić information content (AvgIpc) is 3.01. The van der Waals surface area contributed by atoms with E-state index in [2.05, 4.69) is 11.4 Å². The molecule has 0 bridgehead atoms. The number of methoxy groups -OCH3 is 1. The molecule has 2 rings (SSSR count). The van der Waals surface area contributed by atoms with Gasteiger partial charge in [-0.15, -0.1) is 0 Å². The zero-order chi connectivity index (χ0) is 14.4. The van der Waals surface area contributed by atoms with Crippen LogP contribution in [0.1, 0.15) is 24.8 Å². The Hall–Kier alpha value is -2.22. The Balaban J connectivity index is 1.90. The van der Waals surface area contributed by atoms with Crippen molar-refractivity contribution in [3.05, 3.63) is 23.8 Å². The molecule has 0 spiro atoms. The van der Waals surface area contributed by atoms with Crippen molar-refractivity contribution >= 4 is 11.6 Å². The summed E-state index contributed by atoms with van der Waals surface area (Å²) in [4.78, 5) is 13.8. The molecule has 0 unspecified atom stereocenters. The smallest absolute Gasteiger partial charge is 0.224 e. The third-order valence-corrected chi connectivity index (χ3v) is 3.46. The Morgan fingerprint density at radius 2 is 2.20 bits per heavy atom. The number of anilines is 1. The molecule has 1 heterocycles. The summed E-state index contributed by atoms with van der Waals surface area (Å²) in [5.41, 5.74) is 1.26. The fourth-order valence-corrected chi connectivity index (χ4v) is 2.32. The number of hydrogen-bond donors (Lipinski definition) is 1. The predicted molar refractivity (Wildman–Crippen MR) is 76.6 cm³/mol. The van der Waals surface area contributed by atoms with Gasteiger partial charge in [-0.1, -0.05) is 0 Å². The third-order valence-electron chi connectivity index (χ3n) is 3.46. The number of carbonyl (C=O) groups excluding carboxylic acids is 1. The molecule has 5 heteroatoms. The second-order valence-corrected chi connectivity index (χ2v) is 4.79. The first-order valence-electron chi connectivity index (χ1n) is 6.84. The molecule has 1 aromatic carbocycles. The monoisotopic (exact) mass is 273 g/mol. The Labute approximate surface area is 119 Å². The fourth-order valence-electron chi connectivity index (χ4n) is 2.32. The first-order valence-corrected chi connectivity index (χ1v) is 6.84. The van der Waals surface area contributed by atoms with Crippen molar-refractivity contribution in [3.63, 3.8) is 0 Å². The molecule has 5 nitrogen and oxygen atoms in total. The molecule has 1 fully saturated rings. The lowest BCUT2D eigenvalue weighted by atomic mass is 10.2. The zero-order valence-corrected chi connectivity index (χ0v) is 11.7. The lowest BCUT2D eigenvalue weighted by molar-refractivity contribution is -0.129. The number of nitriles is 1. The molecule has 0 radical (unpaired) electrons. The van der Waals surface area contributed by atoms with Crippen LogP contribution in [-0.4, -0.2) is 37.6 Å². The van der Waals surface area contributed by atoms with Crippen LogP contribution in [0.2, 0.25) is 0 Å². The van der Waals surface area contributed by atoms with Gasteiger partial charge in [-0.3, -0.25) is 4.79 Å². The lowest BCUT2D eigenvalue weighted by Crippen LogP contribution is -2.29. The van der Waals surface area contributed by atoms with Crippen molar-refractivity contribution in [1.29, 1.82) is 5.26 Å². The zero-order valence-electron chi connectivity index (χ0n) is 11.7. The van der Waals surface area contributed by atoms with Crippen LogP contribution in [0.5, 0.6) is 5.75 Å². The van der Waals surface area contributed by atoms with Crippen LogP contribution in [0.15, 0.2) is 18.2 Å². The third kappa shape index (κ3) is 3.41. The SMILES string of the molecule is COc1ccc(C#N)c(NCCC(=O)N2CCCC2)c1. The summed E-state index contributed by atoms with van der Waals surface area (Å²) in [7, 11) is 1.59. The molecule has 1 saturated heterocycles. The summed E-state index contributed by atoms with van der Waals surface area (Å²) in [5.74, 6) is 0.869. The number of nitrogens with zero attached hydrogens (tertiary/aromatic N) is 2. The largest absolute Gasteiger partial charge is 0.497 e. The second-order valence-electron chi connectivity index (χ2n) is 4.79. The van der Waals surface area contributed by atoms with Crippen molar-refractivity contribution < 1.29 is 9.53 Å². The van der Waals surface area contributed by atoms with E-state index in [1.807, 2.05) is 4.90 Å². The minimum Gasteiger partial charge on any atom is -0.497 e.